The van der Waals surface area contributed by atoms with Crippen molar-refractivity contribution in [3.05, 3.63) is 35.6 Å². The van der Waals surface area contributed by atoms with Crippen LogP contribution in [0, 0.1) is 11.2 Å². The number of benzene rings is 1. The molecule has 1 unspecified atom stereocenters. The summed E-state index contributed by atoms with van der Waals surface area (Å²) in [5, 5.41) is 11.7. The zero-order valence-electron chi connectivity index (χ0n) is 11.9. The molecule has 0 saturated heterocycles. The van der Waals surface area contributed by atoms with Gasteiger partial charge in [-0.3, -0.25) is 9.59 Å². The number of hydrogen-bond donors (Lipinski definition) is 2. The van der Waals surface area contributed by atoms with Crippen LogP contribution >= 0.6 is 0 Å². The Bertz CT molecular complexity index is 482. The first kappa shape index (κ1) is 16.1. The van der Waals surface area contributed by atoms with E-state index in [1.807, 2.05) is 0 Å². The summed E-state index contributed by atoms with van der Waals surface area (Å²) < 4.78 is 12.8. The van der Waals surface area contributed by atoms with Crippen LogP contribution in [0.15, 0.2) is 24.3 Å². The van der Waals surface area contributed by atoms with E-state index in [1.54, 1.807) is 32.9 Å². The Morgan fingerprint density at radius 3 is 2.35 bits per heavy atom. The van der Waals surface area contributed by atoms with E-state index in [4.69, 9.17) is 5.11 Å². The van der Waals surface area contributed by atoms with Gasteiger partial charge in [0.1, 0.15) is 5.82 Å². The average molecular weight is 281 g/mol. The summed E-state index contributed by atoms with van der Waals surface area (Å²) in [4.78, 5) is 22.7. The van der Waals surface area contributed by atoms with Crippen LogP contribution in [0.2, 0.25) is 0 Å². The fourth-order valence-corrected chi connectivity index (χ4v) is 1.68. The molecular weight excluding hydrogens is 261 g/mol. The predicted molar refractivity (Wildman–Crippen MR) is 73.6 cm³/mol. The quantitative estimate of drug-likeness (QED) is 0.842. The zero-order valence-corrected chi connectivity index (χ0v) is 11.9. The maximum Gasteiger partial charge on any atom is 0.309 e. The Morgan fingerprint density at radius 1 is 1.30 bits per heavy atom. The van der Waals surface area contributed by atoms with Crippen molar-refractivity contribution >= 4 is 11.9 Å². The van der Waals surface area contributed by atoms with Gasteiger partial charge in [-0.15, -0.1) is 0 Å². The standard InChI is InChI=1S/C15H20FNO3/c1-10(11-4-6-12(16)7-5-11)17-13(18)8-9-15(2,3)14(19)20/h4-7,10H,8-9H2,1-3H3,(H,17,18)(H,19,20). The molecule has 1 aromatic rings. The molecule has 0 fully saturated rings. The van der Waals surface area contributed by atoms with Crippen LogP contribution < -0.4 is 5.32 Å². The minimum atomic E-state index is -0.920. The van der Waals surface area contributed by atoms with Crippen molar-refractivity contribution in [3.8, 4) is 0 Å². The molecule has 110 valence electrons. The molecule has 5 heteroatoms. The highest BCUT2D eigenvalue weighted by molar-refractivity contribution is 5.78. The van der Waals surface area contributed by atoms with Gasteiger partial charge >= 0.3 is 5.97 Å². The van der Waals surface area contributed by atoms with Gasteiger partial charge in [0.2, 0.25) is 5.91 Å². The lowest BCUT2D eigenvalue weighted by molar-refractivity contribution is -0.147. The fourth-order valence-electron chi connectivity index (χ4n) is 1.68. The van der Waals surface area contributed by atoms with E-state index in [2.05, 4.69) is 5.32 Å². The molecule has 0 heterocycles. The van der Waals surface area contributed by atoms with Gasteiger partial charge in [-0.1, -0.05) is 12.1 Å². The minimum absolute atomic E-state index is 0.144. The van der Waals surface area contributed by atoms with Gasteiger partial charge in [-0.2, -0.15) is 0 Å². The van der Waals surface area contributed by atoms with Crippen molar-refractivity contribution in [2.45, 2.75) is 39.7 Å². The number of carboxylic acids is 1. The molecule has 1 atom stereocenters. The van der Waals surface area contributed by atoms with Gasteiger partial charge in [0.25, 0.3) is 0 Å². The Kier molecular flexibility index (Phi) is 5.25. The third kappa shape index (κ3) is 4.64. The minimum Gasteiger partial charge on any atom is -0.481 e. The normalized spacial score (nSPS) is 12.8. The topological polar surface area (TPSA) is 66.4 Å². The van der Waals surface area contributed by atoms with E-state index < -0.39 is 11.4 Å². The van der Waals surface area contributed by atoms with Crippen LogP contribution in [0.1, 0.15) is 45.2 Å². The van der Waals surface area contributed by atoms with Gasteiger partial charge in [-0.05, 0) is 44.9 Å². The molecule has 2 N–H and O–H groups in total. The van der Waals surface area contributed by atoms with Crippen molar-refractivity contribution in [2.75, 3.05) is 0 Å². The summed E-state index contributed by atoms with van der Waals surface area (Å²) in [7, 11) is 0. The largest absolute Gasteiger partial charge is 0.481 e. The smallest absolute Gasteiger partial charge is 0.309 e. The van der Waals surface area contributed by atoms with Gasteiger partial charge in [0, 0.05) is 6.42 Å². The van der Waals surface area contributed by atoms with Crippen LogP contribution in [0.25, 0.3) is 0 Å². The molecule has 0 saturated carbocycles. The van der Waals surface area contributed by atoms with Gasteiger partial charge in [-0.25, -0.2) is 4.39 Å². The fraction of sp³-hybridized carbons (Fsp3) is 0.467. The van der Waals surface area contributed by atoms with Crippen molar-refractivity contribution in [3.63, 3.8) is 0 Å². The van der Waals surface area contributed by atoms with Crippen molar-refractivity contribution in [1.29, 1.82) is 0 Å². The van der Waals surface area contributed by atoms with Crippen molar-refractivity contribution in [2.24, 2.45) is 5.41 Å². The first-order valence-electron chi connectivity index (χ1n) is 6.50. The van der Waals surface area contributed by atoms with Crippen molar-refractivity contribution < 1.29 is 19.1 Å². The van der Waals surface area contributed by atoms with Crippen molar-refractivity contribution in [1.82, 2.24) is 5.32 Å². The molecule has 0 aromatic heterocycles. The lowest BCUT2D eigenvalue weighted by Crippen LogP contribution is -2.30. The molecule has 0 aliphatic carbocycles. The maximum absolute atomic E-state index is 12.8. The second kappa shape index (κ2) is 6.50. The number of rotatable bonds is 6. The monoisotopic (exact) mass is 281 g/mol. The third-order valence-corrected chi connectivity index (χ3v) is 3.30. The Labute approximate surface area is 118 Å². The van der Waals surface area contributed by atoms with Crippen LogP contribution in [0.5, 0.6) is 0 Å². The zero-order chi connectivity index (χ0) is 15.3. The molecule has 1 amide bonds. The molecule has 0 aliphatic heterocycles. The summed E-state index contributed by atoms with van der Waals surface area (Å²) in [5.74, 6) is -1.46. The number of nitrogens with one attached hydrogen (secondary N) is 1. The molecule has 0 spiro atoms. The third-order valence-electron chi connectivity index (χ3n) is 3.30. The Morgan fingerprint density at radius 2 is 1.85 bits per heavy atom. The van der Waals surface area contributed by atoms with E-state index in [0.717, 1.165) is 5.56 Å². The van der Waals surface area contributed by atoms with Crippen LogP contribution in [-0.4, -0.2) is 17.0 Å². The molecule has 1 aromatic carbocycles. The summed E-state index contributed by atoms with van der Waals surface area (Å²) >= 11 is 0. The molecular formula is C15H20FNO3. The first-order chi connectivity index (χ1) is 9.22. The Balaban J connectivity index is 2.50. The molecule has 1 rings (SSSR count). The second-order valence-corrected chi connectivity index (χ2v) is 5.53. The molecule has 0 radical (unpaired) electrons. The highest BCUT2D eigenvalue weighted by Gasteiger charge is 2.27. The molecule has 20 heavy (non-hydrogen) atoms. The van der Waals surface area contributed by atoms with E-state index in [-0.39, 0.29) is 30.6 Å². The number of carboxylic acid groups (broad SMARTS) is 1. The summed E-state index contributed by atoms with van der Waals surface area (Å²) in [6, 6.07) is 5.66. The van der Waals surface area contributed by atoms with Gasteiger partial charge < -0.3 is 10.4 Å². The Hall–Kier alpha value is -1.91. The molecule has 4 nitrogen and oxygen atoms in total. The van der Waals surface area contributed by atoms with E-state index >= 15 is 0 Å². The molecule has 0 bridgehead atoms. The number of amides is 1. The first-order valence-corrected chi connectivity index (χ1v) is 6.50. The van der Waals surface area contributed by atoms with E-state index in [0.29, 0.717) is 0 Å². The van der Waals surface area contributed by atoms with Crippen LogP contribution in [-0.2, 0) is 9.59 Å². The number of carbonyl (C=O) groups is 2. The molecule has 0 aliphatic rings. The summed E-state index contributed by atoms with van der Waals surface area (Å²) in [6.07, 6.45) is 0.412. The van der Waals surface area contributed by atoms with Gasteiger partial charge in [0.05, 0.1) is 11.5 Å². The maximum atomic E-state index is 12.8. The second-order valence-electron chi connectivity index (χ2n) is 5.53. The average Bonchev–Trinajstić information content (AvgIpc) is 2.37. The van der Waals surface area contributed by atoms with Crippen LogP contribution in [0.4, 0.5) is 4.39 Å². The van der Waals surface area contributed by atoms with Gasteiger partial charge in [0.15, 0.2) is 0 Å². The SMILES string of the molecule is CC(NC(=O)CCC(C)(C)C(=O)O)c1ccc(F)cc1. The number of aliphatic carboxylic acids is 1. The van der Waals surface area contributed by atoms with E-state index in [1.165, 1.54) is 12.1 Å². The summed E-state index contributed by atoms with van der Waals surface area (Å²) in [6.45, 7) is 4.98. The highest BCUT2D eigenvalue weighted by atomic mass is 19.1. The lowest BCUT2D eigenvalue weighted by atomic mass is 9.88. The predicted octanol–water partition coefficient (Wildman–Crippen LogP) is 2.89. The lowest BCUT2D eigenvalue weighted by Gasteiger charge is -2.19. The highest BCUT2D eigenvalue weighted by Crippen LogP contribution is 2.22. The number of carbonyl (C=O) groups excluding carboxylic acids is 1. The number of halogens is 1. The van der Waals surface area contributed by atoms with Crippen LogP contribution in [0.3, 0.4) is 0 Å². The number of hydrogen-bond acceptors (Lipinski definition) is 2. The summed E-state index contributed by atoms with van der Waals surface area (Å²) in [5.41, 5.74) is -0.117. The van der Waals surface area contributed by atoms with E-state index in [9.17, 15) is 14.0 Å².